The monoisotopic (exact) mass is 272 g/mol. The maximum Gasteiger partial charge on any atom is 0.108 e. The molecular formula is C10H9IO. The zero-order valence-electron chi connectivity index (χ0n) is 6.59. The number of hydrogen-bond donors (Lipinski definition) is 0. The van der Waals surface area contributed by atoms with Gasteiger partial charge < -0.3 is 4.74 Å². The summed E-state index contributed by atoms with van der Waals surface area (Å²) in [6, 6.07) is 10.1. The van der Waals surface area contributed by atoms with E-state index in [1.165, 1.54) is 5.56 Å². The van der Waals surface area contributed by atoms with Gasteiger partial charge in [0, 0.05) is 22.6 Å². The Morgan fingerprint density at radius 1 is 1.25 bits per heavy atom. The van der Waals surface area contributed by atoms with E-state index < -0.39 is 0 Å². The third kappa shape index (κ3) is 3.74. The highest BCUT2D eigenvalue weighted by molar-refractivity contribution is 14.1. The van der Waals surface area contributed by atoms with Gasteiger partial charge in [-0.25, -0.2) is 0 Å². The van der Waals surface area contributed by atoms with Crippen molar-refractivity contribution in [3.05, 3.63) is 35.9 Å². The Labute approximate surface area is 86.3 Å². The fourth-order valence-corrected chi connectivity index (χ4v) is 0.977. The zero-order valence-corrected chi connectivity index (χ0v) is 8.74. The molecule has 1 aromatic carbocycles. The smallest absolute Gasteiger partial charge is 0.108 e. The van der Waals surface area contributed by atoms with Crippen LogP contribution in [0.2, 0.25) is 0 Å². The quantitative estimate of drug-likeness (QED) is 0.467. The van der Waals surface area contributed by atoms with Gasteiger partial charge in [0.2, 0.25) is 0 Å². The van der Waals surface area contributed by atoms with E-state index in [4.69, 9.17) is 4.74 Å². The predicted octanol–water partition coefficient (Wildman–Crippen LogP) is 2.60. The summed E-state index contributed by atoms with van der Waals surface area (Å²) in [5, 5.41) is 0. The molecule has 0 aliphatic rings. The van der Waals surface area contributed by atoms with Gasteiger partial charge in [-0.15, -0.1) is 0 Å². The van der Waals surface area contributed by atoms with Gasteiger partial charge in [-0.3, -0.25) is 0 Å². The average Bonchev–Trinajstić information content (AvgIpc) is 2.14. The Morgan fingerprint density at radius 3 is 2.67 bits per heavy atom. The fourth-order valence-electron chi connectivity index (χ4n) is 0.821. The van der Waals surface area contributed by atoms with Crippen LogP contribution in [0.15, 0.2) is 30.3 Å². The van der Waals surface area contributed by atoms with Crippen LogP contribution in [0, 0.1) is 9.85 Å². The Bertz CT molecular complexity index is 271. The first-order valence-corrected chi connectivity index (χ1v) is 4.71. The van der Waals surface area contributed by atoms with Crippen molar-refractivity contribution >= 4 is 22.6 Å². The van der Waals surface area contributed by atoms with Crippen molar-refractivity contribution < 1.29 is 4.74 Å². The van der Waals surface area contributed by atoms with Crippen molar-refractivity contribution in [3.63, 3.8) is 0 Å². The Balaban J connectivity index is 2.27. The normalized spacial score (nSPS) is 8.75. The third-order valence-electron chi connectivity index (χ3n) is 1.35. The van der Waals surface area contributed by atoms with Crippen LogP contribution in [0.25, 0.3) is 0 Å². The van der Waals surface area contributed by atoms with Crippen LogP contribution >= 0.6 is 22.6 Å². The van der Waals surface area contributed by atoms with Crippen LogP contribution in [-0.4, -0.2) is 6.61 Å². The molecule has 0 heterocycles. The van der Waals surface area contributed by atoms with Gasteiger partial charge in [0.05, 0.1) is 6.61 Å². The molecule has 0 bridgehead atoms. The highest BCUT2D eigenvalue weighted by atomic mass is 127. The van der Waals surface area contributed by atoms with Gasteiger partial charge in [0.1, 0.15) is 6.61 Å². The molecule has 62 valence electrons. The van der Waals surface area contributed by atoms with Crippen molar-refractivity contribution in [2.45, 2.75) is 6.61 Å². The van der Waals surface area contributed by atoms with Crippen LogP contribution in [0.4, 0.5) is 0 Å². The van der Waals surface area contributed by atoms with Gasteiger partial charge in [0.25, 0.3) is 0 Å². The largest absolute Gasteiger partial charge is 0.364 e. The first kappa shape index (κ1) is 9.56. The van der Waals surface area contributed by atoms with E-state index in [1.807, 2.05) is 52.9 Å². The molecule has 0 saturated carbocycles. The number of halogens is 1. The van der Waals surface area contributed by atoms with E-state index in [0.717, 1.165) is 0 Å². The van der Waals surface area contributed by atoms with Crippen LogP contribution in [0.3, 0.4) is 0 Å². The molecule has 0 unspecified atom stereocenters. The minimum Gasteiger partial charge on any atom is -0.364 e. The first-order valence-electron chi connectivity index (χ1n) is 3.63. The summed E-state index contributed by atoms with van der Waals surface area (Å²) in [5.74, 6) is 2.83. The molecule has 2 heteroatoms. The second-order valence-corrected chi connectivity index (χ2v) is 2.79. The molecule has 0 fully saturated rings. The summed E-state index contributed by atoms with van der Waals surface area (Å²) in [6.45, 7) is 1.16. The predicted molar refractivity (Wildman–Crippen MR) is 57.9 cm³/mol. The third-order valence-corrected chi connectivity index (χ3v) is 1.73. The topological polar surface area (TPSA) is 9.23 Å². The highest BCUT2D eigenvalue weighted by Gasteiger charge is 1.88. The Kier molecular flexibility index (Phi) is 4.81. The molecule has 0 spiro atoms. The summed E-state index contributed by atoms with van der Waals surface area (Å²) in [5.41, 5.74) is 1.19. The summed E-state index contributed by atoms with van der Waals surface area (Å²) in [4.78, 5) is 0. The lowest BCUT2D eigenvalue weighted by molar-refractivity contribution is 0.153. The van der Waals surface area contributed by atoms with Crippen molar-refractivity contribution in [1.82, 2.24) is 0 Å². The summed E-state index contributed by atoms with van der Waals surface area (Å²) in [7, 11) is 0. The number of ether oxygens (including phenoxy) is 1. The minimum absolute atomic E-state index is 0.512. The molecule has 0 radical (unpaired) electrons. The Morgan fingerprint density at radius 2 is 2.00 bits per heavy atom. The van der Waals surface area contributed by atoms with E-state index in [2.05, 4.69) is 9.85 Å². The molecule has 0 aliphatic carbocycles. The number of rotatable bonds is 3. The average molecular weight is 272 g/mol. The van der Waals surface area contributed by atoms with Gasteiger partial charge in [-0.05, 0) is 9.49 Å². The maximum atomic E-state index is 5.28. The molecule has 1 rings (SSSR count). The van der Waals surface area contributed by atoms with Crippen LogP contribution in [-0.2, 0) is 11.3 Å². The van der Waals surface area contributed by atoms with Crippen molar-refractivity contribution in [2.24, 2.45) is 0 Å². The lowest BCUT2D eigenvalue weighted by Gasteiger charge is -1.98. The molecule has 0 atom stereocenters. The fraction of sp³-hybridized carbons (Fsp3) is 0.200. The molecular weight excluding hydrogens is 263 g/mol. The standard InChI is InChI=1S/C10H9IO/c11-7-4-8-12-9-10-5-2-1-3-6-10/h1-3,5-6H,8-9H2. The Hall–Kier alpha value is -0.530. The zero-order chi connectivity index (χ0) is 8.65. The van der Waals surface area contributed by atoms with Crippen LogP contribution < -0.4 is 0 Å². The van der Waals surface area contributed by atoms with E-state index in [9.17, 15) is 0 Å². The number of benzene rings is 1. The van der Waals surface area contributed by atoms with Gasteiger partial charge >= 0.3 is 0 Å². The highest BCUT2D eigenvalue weighted by Crippen LogP contribution is 1.99. The van der Waals surface area contributed by atoms with Gasteiger partial charge in [-0.1, -0.05) is 36.3 Å². The molecule has 0 saturated heterocycles. The summed E-state index contributed by atoms with van der Waals surface area (Å²) in [6.07, 6.45) is 0. The minimum atomic E-state index is 0.512. The van der Waals surface area contributed by atoms with Gasteiger partial charge in [-0.2, -0.15) is 0 Å². The molecule has 0 aromatic heterocycles. The molecule has 0 N–H and O–H groups in total. The molecule has 0 amide bonds. The summed E-state index contributed by atoms with van der Waals surface area (Å²) < 4.78 is 8.03. The molecule has 1 nitrogen and oxygen atoms in total. The molecule has 0 aliphatic heterocycles. The second-order valence-electron chi connectivity index (χ2n) is 2.25. The lowest BCUT2D eigenvalue weighted by atomic mass is 10.2. The molecule has 12 heavy (non-hydrogen) atoms. The second kappa shape index (κ2) is 6.04. The molecule has 1 aromatic rings. The lowest BCUT2D eigenvalue weighted by Crippen LogP contribution is -1.91. The first-order chi connectivity index (χ1) is 5.93. The van der Waals surface area contributed by atoms with E-state index in [1.54, 1.807) is 0 Å². The van der Waals surface area contributed by atoms with E-state index in [-0.39, 0.29) is 0 Å². The van der Waals surface area contributed by atoms with Crippen molar-refractivity contribution in [3.8, 4) is 9.85 Å². The summed E-state index contributed by atoms with van der Waals surface area (Å²) >= 11 is 2.00. The van der Waals surface area contributed by atoms with Gasteiger partial charge in [0.15, 0.2) is 0 Å². The SMILES string of the molecule is IC#CCOCc1ccccc1. The van der Waals surface area contributed by atoms with E-state index >= 15 is 0 Å². The van der Waals surface area contributed by atoms with Crippen molar-refractivity contribution in [2.75, 3.05) is 6.61 Å². The maximum absolute atomic E-state index is 5.28. The van der Waals surface area contributed by atoms with E-state index in [0.29, 0.717) is 13.2 Å². The van der Waals surface area contributed by atoms with Crippen LogP contribution in [0.1, 0.15) is 5.56 Å². The van der Waals surface area contributed by atoms with Crippen molar-refractivity contribution in [1.29, 1.82) is 0 Å². The number of hydrogen-bond acceptors (Lipinski definition) is 1. The van der Waals surface area contributed by atoms with Crippen LogP contribution in [0.5, 0.6) is 0 Å².